The van der Waals surface area contributed by atoms with Gasteiger partial charge in [0.2, 0.25) is 0 Å². The number of nitro groups is 1. The molecule has 0 aliphatic heterocycles. The molecule has 0 unspecified atom stereocenters. The number of amides is 1. The van der Waals surface area contributed by atoms with Crippen LogP contribution in [-0.4, -0.2) is 31.3 Å². The number of hydrogen-bond donors (Lipinski definition) is 1. The summed E-state index contributed by atoms with van der Waals surface area (Å²) in [6, 6.07) is 9.13. The molecule has 0 radical (unpaired) electrons. The Morgan fingerprint density at radius 2 is 1.92 bits per heavy atom. The van der Waals surface area contributed by atoms with Gasteiger partial charge in [-0.3, -0.25) is 14.9 Å². The van der Waals surface area contributed by atoms with Crippen LogP contribution >= 0.6 is 0 Å². The second kappa shape index (κ2) is 7.91. The molecule has 8 heteroatoms. The van der Waals surface area contributed by atoms with Crippen LogP contribution in [0.3, 0.4) is 0 Å². The van der Waals surface area contributed by atoms with E-state index in [0.29, 0.717) is 17.1 Å². The van der Waals surface area contributed by atoms with Gasteiger partial charge in [-0.15, -0.1) is 0 Å². The Morgan fingerprint density at radius 3 is 2.56 bits per heavy atom. The first-order chi connectivity index (χ1) is 12.0. The molecule has 1 N–H and O–H groups in total. The number of ether oxygens (including phenoxy) is 2. The van der Waals surface area contributed by atoms with Gasteiger partial charge in [-0.25, -0.2) is 5.43 Å². The Bertz CT molecular complexity index is 833. The molecule has 2 aromatic rings. The molecule has 0 aromatic heterocycles. The molecule has 2 aromatic carbocycles. The highest BCUT2D eigenvalue weighted by molar-refractivity contribution is 5.98. The van der Waals surface area contributed by atoms with E-state index >= 15 is 0 Å². The largest absolute Gasteiger partial charge is 0.496 e. The van der Waals surface area contributed by atoms with Gasteiger partial charge in [0, 0.05) is 17.2 Å². The lowest BCUT2D eigenvalue weighted by atomic mass is 10.1. The highest BCUT2D eigenvalue weighted by Crippen LogP contribution is 2.30. The third-order valence-electron chi connectivity index (χ3n) is 3.53. The van der Waals surface area contributed by atoms with Crippen molar-refractivity contribution in [2.75, 3.05) is 14.2 Å². The number of carbonyl (C=O) groups is 1. The van der Waals surface area contributed by atoms with Gasteiger partial charge in [0.1, 0.15) is 17.1 Å². The van der Waals surface area contributed by atoms with Gasteiger partial charge in [0.15, 0.2) is 0 Å². The van der Waals surface area contributed by atoms with Crippen LogP contribution in [0.25, 0.3) is 0 Å². The molecule has 0 spiro atoms. The maximum atomic E-state index is 12.1. The van der Waals surface area contributed by atoms with Crippen LogP contribution in [0.1, 0.15) is 21.5 Å². The minimum atomic E-state index is -0.673. The van der Waals surface area contributed by atoms with Gasteiger partial charge in [-0.2, -0.15) is 5.10 Å². The Kier molecular flexibility index (Phi) is 5.67. The number of methoxy groups -OCH3 is 2. The summed E-state index contributed by atoms with van der Waals surface area (Å²) in [6.07, 6.45) is 1.40. The fourth-order valence-corrected chi connectivity index (χ4v) is 2.33. The summed E-state index contributed by atoms with van der Waals surface area (Å²) >= 11 is 0. The van der Waals surface area contributed by atoms with Crippen molar-refractivity contribution in [2.24, 2.45) is 5.10 Å². The maximum absolute atomic E-state index is 12.1. The highest BCUT2D eigenvalue weighted by atomic mass is 16.6. The molecule has 1 amide bonds. The molecular formula is C17H17N3O5. The summed E-state index contributed by atoms with van der Waals surface area (Å²) < 4.78 is 10.6. The van der Waals surface area contributed by atoms with E-state index in [0.717, 1.165) is 5.56 Å². The summed E-state index contributed by atoms with van der Waals surface area (Å²) in [5, 5.41) is 14.8. The number of nitrogens with zero attached hydrogens (tertiary/aromatic N) is 2. The number of hydrogen-bond acceptors (Lipinski definition) is 6. The number of carbonyl (C=O) groups excluding carboxylic acids is 1. The fraction of sp³-hybridized carbons (Fsp3) is 0.176. The summed E-state index contributed by atoms with van der Waals surface area (Å²) in [5.74, 6) is 0.550. The van der Waals surface area contributed by atoms with E-state index in [4.69, 9.17) is 9.47 Å². The van der Waals surface area contributed by atoms with Crippen molar-refractivity contribution >= 4 is 17.8 Å². The molecular weight excluding hydrogens is 326 g/mol. The van der Waals surface area contributed by atoms with Crippen molar-refractivity contribution in [3.05, 3.63) is 63.2 Å². The molecule has 0 aliphatic carbocycles. The molecule has 0 bridgehead atoms. The number of para-hydroxylation sites is 1. The lowest BCUT2D eigenvalue weighted by molar-refractivity contribution is -0.385. The van der Waals surface area contributed by atoms with Gasteiger partial charge in [-0.1, -0.05) is 12.1 Å². The van der Waals surface area contributed by atoms with E-state index < -0.39 is 10.8 Å². The van der Waals surface area contributed by atoms with Crippen LogP contribution in [0.5, 0.6) is 11.5 Å². The molecule has 0 heterocycles. The quantitative estimate of drug-likeness (QED) is 0.493. The van der Waals surface area contributed by atoms with Crippen LogP contribution in [-0.2, 0) is 0 Å². The van der Waals surface area contributed by atoms with Gasteiger partial charge in [0.05, 0.1) is 25.4 Å². The standard InChI is InChI=1S/C17H17N3O5/c1-11-15(24-2)9-8-12(16(11)25-3)10-18-19-17(21)13-6-4-5-7-14(13)20(22)23/h4-10H,1-3H3,(H,19,21)/b18-10+. The van der Waals surface area contributed by atoms with Crippen molar-refractivity contribution in [1.29, 1.82) is 0 Å². The Balaban J connectivity index is 2.21. The molecule has 0 fully saturated rings. The Hall–Kier alpha value is -3.42. The zero-order chi connectivity index (χ0) is 18.4. The average molecular weight is 343 g/mol. The van der Waals surface area contributed by atoms with E-state index in [1.165, 1.54) is 31.5 Å². The van der Waals surface area contributed by atoms with E-state index in [-0.39, 0.29) is 11.3 Å². The van der Waals surface area contributed by atoms with Crippen LogP contribution in [0, 0.1) is 17.0 Å². The number of nitro benzene ring substituents is 1. The number of nitrogens with one attached hydrogen (secondary N) is 1. The van der Waals surface area contributed by atoms with Crippen molar-refractivity contribution in [3.63, 3.8) is 0 Å². The predicted molar refractivity (Wildman–Crippen MR) is 92.4 cm³/mol. The maximum Gasteiger partial charge on any atom is 0.282 e. The third-order valence-corrected chi connectivity index (χ3v) is 3.53. The first kappa shape index (κ1) is 17.9. The average Bonchev–Trinajstić information content (AvgIpc) is 2.61. The minimum absolute atomic E-state index is 0.0671. The molecule has 2 rings (SSSR count). The highest BCUT2D eigenvalue weighted by Gasteiger charge is 2.18. The molecule has 0 saturated heterocycles. The molecule has 0 atom stereocenters. The van der Waals surface area contributed by atoms with Crippen LogP contribution in [0.15, 0.2) is 41.5 Å². The second-order valence-corrected chi connectivity index (χ2v) is 4.99. The predicted octanol–water partition coefficient (Wildman–Crippen LogP) is 2.68. The monoisotopic (exact) mass is 343 g/mol. The summed E-state index contributed by atoms with van der Waals surface area (Å²) in [4.78, 5) is 22.4. The minimum Gasteiger partial charge on any atom is -0.496 e. The molecule has 8 nitrogen and oxygen atoms in total. The van der Waals surface area contributed by atoms with Crippen LogP contribution in [0.2, 0.25) is 0 Å². The van der Waals surface area contributed by atoms with Crippen LogP contribution < -0.4 is 14.9 Å². The SMILES string of the molecule is COc1ccc(/C=N/NC(=O)c2ccccc2[N+](=O)[O-])c(OC)c1C. The van der Waals surface area contributed by atoms with E-state index in [2.05, 4.69) is 10.5 Å². The van der Waals surface area contributed by atoms with Gasteiger partial charge >= 0.3 is 0 Å². The zero-order valence-corrected chi connectivity index (χ0v) is 14.0. The molecule has 130 valence electrons. The normalized spacial score (nSPS) is 10.5. The van der Waals surface area contributed by atoms with Crippen molar-refractivity contribution in [2.45, 2.75) is 6.92 Å². The second-order valence-electron chi connectivity index (χ2n) is 4.99. The van der Waals surface area contributed by atoms with Crippen molar-refractivity contribution in [3.8, 4) is 11.5 Å². The first-order valence-electron chi connectivity index (χ1n) is 7.28. The smallest absolute Gasteiger partial charge is 0.282 e. The molecule has 0 aliphatic rings. The summed E-state index contributed by atoms with van der Waals surface area (Å²) in [5.41, 5.74) is 3.35. The zero-order valence-electron chi connectivity index (χ0n) is 14.0. The van der Waals surface area contributed by atoms with Crippen molar-refractivity contribution < 1.29 is 19.2 Å². The number of benzene rings is 2. The van der Waals surface area contributed by atoms with E-state index in [1.807, 2.05) is 6.92 Å². The lowest BCUT2D eigenvalue weighted by Gasteiger charge is -2.11. The van der Waals surface area contributed by atoms with Gasteiger partial charge in [0.25, 0.3) is 11.6 Å². The Morgan fingerprint density at radius 1 is 1.20 bits per heavy atom. The summed E-state index contributed by atoms with van der Waals surface area (Å²) in [7, 11) is 3.08. The van der Waals surface area contributed by atoms with Gasteiger partial charge in [-0.05, 0) is 25.1 Å². The summed E-state index contributed by atoms with van der Waals surface area (Å²) in [6.45, 7) is 1.83. The first-order valence-corrected chi connectivity index (χ1v) is 7.28. The van der Waals surface area contributed by atoms with Crippen molar-refractivity contribution in [1.82, 2.24) is 5.43 Å². The fourth-order valence-electron chi connectivity index (χ4n) is 2.33. The Labute approximate surface area is 144 Å². The van der Waals surface area contributed by atoms with E-state index in [1.54, 1.807) is 25.3 Å². The van der Waals surface area contributed by atoms with Gasteiger partial charge < -0.3 is 9.47 Å². The number of hydrazone groups is 1. The number of rotatable bonds is 6. The van der Waals surface area contributed by atoms with E-state index in [9.17, 15) is 14.9 Å². The molecule has 25 heavy (non-hydrogen) atoms. The molecule has 0 saturated carbocycles. The third kappa shape index (κ3) is 3.92. The lowest BCUT2D eigenvalue weighted by Crippen LogP contribution is -2.19. The van der Waals surface area contributed by atoms with Crippen LogP contribution in [0.4, 0.5) is 5.69 Å². The topological polar surface area (TPSA) is 103 Å².